The topological polar surface area (TPSA) is 47.6 Å². The predicted octanol–water partition coefficient (Wildman–Crippen LogP) is 4.35. The van der Waals surface area contributed by atoms with Crippen molar-refractivity contribution in [2.75, 3.05) is 7.11 Å². The maximum atomic E-state index is 12.5. The number of benzene rings is 2. The minimum absolute atomic E-state index is 0.0549. The van der Waals surface area contributed by atoms with Crippen LogP contribution in [-0.4, -0.2) is 19.1 Å². The van der Waals surface area contributed by atoms with Gasteiger partial charge in [-0.05, 0) is 62.1 Å². The first-order valence-corrected chi connectivity index (χ1v) is 8.62. The van der Waals surface area contributed by atoms with Crippen molar-refractivity contribution in [3.05, 3.63) is 59.2 Å². The molecule has 0 fully saturated rings. The maximum absolute atomic E-state index is 12.5. The molecule has 0 spiro atoms. The molecule has 0 aliphatic carbocycles. The number of rotatable bonds is 7. The van der Waals surface area contributed by atoms with E-state index in [1.54, 1.807) is 14.0 Å². The van der Waals surface area contributed by atoms with Crippen molar-refractivity contribution < 1.29 is 14.3 Å². The van der Waals surface area contributed by atoms with Crippen molar-refractivity contribution in [1.29, 1.82) is 0 Å². The molecular formula is C21H27NO3. The molecular weight excluding hydrogens is 314 g/mol. The van der Waals surface area contributed by atoms with Crippen LogP contribution in [-0.2, 0) is 4.79 Å². The monoisotopic (exact) mass is 341 g/mol. The Balaban J connectivity index is 2.04. The van der Waals surface area contributed by atoms with Gasteiger partial charge in [0.2, 0.25) is 0 Å². The summed E-state index contributed by atoms with van der Waals surface area (Å²) in [6, 6.07) is 13.6. The van der Waals surface area contributed by atoms with Crippen LogP contribution in [0.25, 0.3) is 0 Å². The summed E-state index contributed by atoms with van der Waals surface area (Å²) in [6.45, 7) is 7.82. The third-order valence-corrected chi connectivity index (χ3v) is 4.22. The fraction of sp³-hybridized carbons (Fsp3) is 0.381. The van der Waals surface area contributed by atoms with Gasteiger partial charge in [0.1, 0.15) is 11.5 Å². The highest BCUT2D eigenvalue weighted by molar-refractivity contribution is 5.81. The number of methoxy groups -OCH3 is 1. The largest absolute Gasteiger partial charge is 0.496 e. The van der Waals surface area contributed by atoms with E-state index >= 15 is 0 Å². The van der Waals surface area contributed by atoms with Crippen molar-refractivity contribution >= 4 is 5.91 Å². The van der Waals surface area contributed by atoms with Crippen LogP contribution in [0, 0.1) is 13.8 Å². The smallest absolute Gasteiger partial charge is 0.261 e. The van der Waals surface area contributed by atoms with Gasteiger partial charge in [0, 0.05) is 0 Å². The predicted molar refractivity (Wildman–Crippen MR) is 100 cm³/mol. The molecule has 0 radical (unpaired) electrons. The third kappa shape index (κ3) is 4.99. The molecule has 4 heteroatoms. The van der Waals surface area contributed by atoms with Crippen molar-refractivity contribution in [2.45, 2.75) is 46.3 Å². The summed E-state index contributed by atoms with van der Waals surface area (Å²) >= 11 is 0. The fourth-order valence-electron chi connectivity index (χ4n) is 2.77. The summed E-state index contributed by atoms with van der Waals surface area (Å²) in [7, 11) is 1.66. The fourth-order valence-corrected chi connectivity index (χ4v) is 2.77. The highest BCUT2D eigenvalue weighted by Gasteiger charge is 2.20. The van der Waals surface area contributed by atoms with E-state index in [1.807, 2.05) is 50.2 Å². The van der Waals surface area contributed by atoms with Gasteiger partial charge >= 0.3 is 0 Å². The standard InChI is InChI=1S/C21H27NO3/c1-6-19(17-10-11-20(24-5)15(3)13-17)22-21(23)16(4)25-18-9-7-8-14(2)12-18/h7-13,16,19H,6H2,1-5H3,(H,22,23)/t16-,19-/m0/s1. The molecule has 0 aliphatic heterocycles. The van der Waals surface area contributed by atoms with E-state index in [-0.39, 0.29) is 11.9 Å². The Hall–Kier alpha value is -2.49. The molecule has 134 valence electrons. The zero-order valence-electron chi connectivity index (χ0n) is 15.6. The Morgan fingerprint density at radius 1 is 1.16 bits per heavy atom. The van der Waals surface area contributed by atoms with Gasteiger partial charge < -0.3 is 14.8 Å². The van der Waals surface area contributed by atoms with Gasteiger partial charge in [-0.1, -0.05) is 31.2 Å². The molecule has 0 bridgehead atoms. The number of aryl methyl sites for hydroxylation is 2. The second kappa shape index (κ2) is 8.56. The van der Waals surface area contributed by atoms with E-state index in [0.29, 0.717) is 5.75 Å². The maximum Gasteiger partial charge on any atom is 0.261 e. The average Bonchev–Trinajstić information content (AvgIpc) is 2.59. The summed E-state index contributed by atoms with van der Waals surface area (Å²) in [4.78, 5) is 12.5. The molecule has 25 heavy (non-hydrogen) atoms. The highest BCUT2D eigenvalue weighted by atomic mass is 16.5. The SMILES string of the molecule is CC[C@H](NC(=O)[C@H](C)Oc1cccc(C)c1)c1ccc(OC)c(C)c1. The van der Waals surface area contributed by atoms with Gasteiger partial charge in [0.25, 0.3) is 5.91 Å². The minimum Gasteiger partial charge on any atom is -0.496 e. The van der Waals surface area contributed by atoms with Crippen LogP contribution in [0.5, 0.6) is 11.5 Å². The second-order valence-electron chi connectivity index (χ2n) is 6.28. The molecule has 0 aliphatic rings. The van der Waals surface area contributed by atoms with Gasteiger partial charge in [0.05, 0.1) is 13.2 Å². The van der Waals surface area contributed by atoms with Crippen LogP contribution in [0.3, 0.4) is 0 Å². The molecule has 0 aromatic heterocycles. The lowest BCUT2D eigenvalue weighted by atomic mass is 10.0. The van der Waals surface area contributed by atoms with Gasteiger partial charge in [-0.2, -0.15) is 0 Å². The lowest BCUT2D eigenvalue weighted by Crippen LogP contribution is -2.38. The zero-order chi connectivity index (χ0) is 18.4. The highest BCUT2D eigenvalue weighted by Crippen LogP contribution is 2.24. The van der Waals surface area contributed by atoms with E-state index in [4.69, 9.17) is 9.47 Å². The zero-order valence-corrected chi connectivity index (χ0v) is 15.6. The van der Waals surface area contributed by atoms with Crippen LogP contribution in [0.1, 0.15) is 43.0 Å². The van der Waals surface area contributed by atoms with E-state index in [0.717, 1.165) is 28.9 Å². The molecule has 1 N–H and O–H groups in total. The van der Waals surface area contributed by atoms with E-state index in [2.05, 4.69) is 18.3 Å². The Bertz CT molecular complexity index is 727. The lowest BCUT2D eigenvalue weighted by Gasteiger charge is -2.22. The molecule has 2 atom stereocenters. The third-order valence-electron chi connectivity index (χ3n) is 4.22. The molecule has 2 rings (SSSR count). The number of amides is 1. The van der Waals surface area contributed by atoms with Crippen molar-refractivity contribution in [2.24, 2.45) is 0 Å². The molecule has 2 aromatic rings. The van der Waals surface area contributed by atoms with Crippen LogP contribution in [0.2, 0.25) is 0 Å². The normalized spacial score (nSPS) is 13.0. The van der Waals surface area contributed by atoms with Crippen LogP contribution < -0.4 is 14.8 Å². The summed E-state index contributed by atoms with van der Waals surface area (Å²) < 4.78 is 11.1. The number of hydrogen-bond acceptors (Lipinski definition) is 3. The van der Waals surface area contributed by atoms with Crippen LogP contribution in [0.4, 0.5) is 0 Å². The first-order chi connectivity index (χ1) is 11.9. The van der Waals surface area contributed by atoms with Gasteiger partial charge in [-0.25, -0.2) is 0 Å². The molecule has 0 unspecified atom stereocenters. The molecule has 2 aromatic carbocycles. The van der Waals surface area contributed by atoms with E-state index < -0.39 is 6.10 Å². The summed E-state index contributed by atoms with van der Waals surface area (Å²) in [5.41, 5.74) is 3.22. The van der Waals surface area contributed by atoms with Crippen molar-refractivity contribution in [3.63, 3.8) is 0 Å². The quantitative estimate of drug-likeness (QED) is 0.814. The molecule has 0 saturated carbocycles. The summed E-state index contributed by atoms with van der Waals surface area (Å²) in [5.74, 6) is 1.43. The number of carbonyl (C=O) groups is 1. The van der Waals surface area contributed by atoms with Crippen molar-refractivity contribution in [1.82, 2.24) is 5.32 Å². The first kappa shape index (κ1) is 18.8. The molecule has 0 saturated heterocycles. The lowest BCUT2D eigenvalue weighted by molar-refractivity contribution is -0.128. The van der Waals surface area contributed by atoms with Gasteiger partial charge in [-0.3, -0.25) is 4.79 Å². The molecule has 4 nitrogen and oxygen atoms in total. The average molecular weight is 341 g/mol. The molecule has 1 amide bonds. The minimum atomic E-state index is -0.560. The second-order valence-corrected chi connectivity index (χ2v) is 6.28. The van der Waals surface area contributed by atoms with Gasteiger partial charge in [0.15, 0.2) is 6.10 Å². The Labute approximate surface area is 150 Å². The Morgan fingerprint density at radius 2 is 1.92 bits per heavy atom. The number of ether oxygens (including phenoxy) is 2. The summed E-state index contributed by atoms with van der Waals surface area (Å²) in [5, 5.41) is 3.08. The first-order valence-electron chi connectivity index (χ1n) is 8.62. The van der Waals surface area contributed by atoms with E-state index in [1.165, 1.54) is 0 Å². The van der Waals surface area contributed by atoms with Crippen LogP contribution in [0.15, 0.2) is 42.5 Å². The van der Waals surface area contributed by atoms with Crippen molar-refractivity contribution in [3.8, 4) is 11.5 Å². The molecule has 0 heterocycles. The number of nitrogens with one attached hydrogen (secondary N) is 1. The Morgan fingerprint density at radius 3 is 2.52 bits per heavy atom. The summed E-state index contributed by atoms with van der Waals surface area (Å²) in [6.07, 6.45) is 0.240. The van der Waals surface area contributed by atoms with Gasteiger partial charge in [-0.15, -0.1) is 0 Å². The Kier molecular flexibility index (Phi) is 6.45. The van der Waals surface area contributed by atoms with E-state index in [9.17, 15) is 4.79 Å². The number of carbonyl (C=O) groups excluding carboxylic acids is 1. The number of hydrogen-bond donors (Lipinski definition) is 1. The van der Waals surface area contributed by atoms with Crippen LogP contribution >= 0.6 is 0 Å².